The minimum atomic E-state index is 0.263. The quantitative estimate of drug-likeness (QED) is 0.912. The lowest BCUT2D eigenvalue weighted by Crippen LogP contribution is -2.41. The molecule has 0 radical (unpaired) electrons. The Balaban J connectivity index is 1.74. The van der Waals surface area contributed by atoms with Gasteiger partial charge in [0.25, 0.3) is 0 Å². The summed E-state index contributed by atoms with van der Waals surface area (Å²) in [4.78, 5) is 10.9. The monoisotopic (exact) mass is 332 g/mol. The van der Waals surface area contributed by atoms with E-state index in [4.69, 9.17) is 16.3 Å². The molecule has 1 atom stereocenters. The summed E-state index contributed by atoms with van der Waals surface area (Å²) in [6.07, 6.45) is 3.21. The minimum absolute atomic E-state index is 0.263. The highest BCUT2D eigenvalue weighted by Gasteiger charge is 2.22. The molecule has 0 aliphatic carbocycles. The van der Waals surface area contributed by atoms with E-state index in [2.05, 4.69) is 51.4 Å². The second-order valence-electron chi connectivity index (χ2n) is 5.68. The van der Waals surface area contributed by atoms with Crippen molar-refractivity contribution >= 4 is 17.5 Å². The number of morpholine rings is 1. The van der Waals surface area contributed by atoms with Gasteiger partial charge in [0.05, 0.1) is 36.7 Å². The summed E-state index contributed by atoms with van der Waals surface area (Å²) >= 11 is 5.83. The van der Waals surface area contributed by atoms with Crippen LogP contribution in [0.3, 0.4) is 0 Å². The van der Waals surface area contributed by atoms with Gasteiger partial charge in [-0.25, -0.2) is 9.97 Å². The van der Waals surface area contributed by atoms with Crippen molar-refractivity contribution in [3.8, 4) is 0 Å². The van der Waals surface area contributed by atoms with Gasteiger partial charge in [0, 0.05) is 19.6 Å². The van der Waals surface area contributed by atoms with Gasteiger partial charge in [0.15, 0.2) is 0 Å². The molecule has 0 saturated carbocycles. The van der Waals surface area contributed by atoms with Crippen molar-refractivity contribution in [1.29, 1.82) is 0 Å². The Bertz CT molecular complexity index is 611. The normalized spacial score (nSPS) is 17.0. The van der Waals surface area contributed by atoms with Crippen molar-refractivity contribution in [1.82, 2.24) is 14.9 Å². The van der Waals surface area contributed by atoms with E-state index >= 15 is 0 Å². The number of benzene rings is 1. The molecule has 1 saturated heterocycles. The number of halogens is 1. The van der Waals surface area contributed by atoms with Crippen LogP contribution in [0.1, 0.15) is 17.2 Å². The molecule has 0 amide bonds. The molecule has 1 aliphatic heterocycles. The predicted molar refractivity (Wildman–Crippen MR) is 91.8 cm³/mol. The molecule has 5 nitrogen and oxygen atoms in total. The van der Waals surface area contributed by atoms with E-state index in [0.29, 0.717) is 11.0 Å². The van der Waals surface area contributed by atoms with Crippen molar-refractivity contribution in [3.05, 3.63) is 52.8 Å². The standard InChI is InChI=1S/C17H21ClN4O/c1-13-2-4-14(5-3-13)16(22-6-8-23-9-7-22)12-21-17-19-10-15(18)11-20-17/h2-5,10-11,16H,6-9,12H2,1H3,(H,19,20,21). The van der Waals surface area contributed by atoms with E-state index in [1.807, 2.05) is 0 Å². The average molecular weight is 333 g/mol. The number of hydrogen-bond acceptors (Lipinski definition) is 5. The number of aromatic nitrogens is 2. The number of nitrogens with one attached hydrogen (secondary N) is 1. The van der Waals surface area contributed by atoms with Crippen LogP contribution < -0.4 is 5.32 Å². The fourth-order valence-corrected chi connectivity index (χ4v) is 2.82. The van der Waals surface area contributed by atoms with E-state index in [0.717, 1.165) is 32.8 Å². The fraction of sp³-hybridized carbons (Fsp3) is 0.412. The van der Waals surface area contributed by atoms with Crippen LogP contribution in [0.2, 0.25) is 5.02 Å². The van der Waals surface area contributed by atoms with Gasteiger partial charge in [-0.05, 0) is 12.5 Å². The molecular weight excluding hydrogens is 312 g/mol. The lowest BCUT2D eigenvalue weighted by molar-refractivity contribution is 0.0187. The first-order chi connectivity index (χ1) is 11.2. The SMILES string of the molecule is Cc1ccc(C(CNc2ncc(Cl)cn2)N2CCOCC2)cc1. The third-order valence-electron chi connectivity index (χ3n) is 4.02. The smallest absolute Gasteiger partial charge is 0.222 e. The van der Waals surface area contributed by atoms with Gasteiger partial charge in [-0.2, -0.15) is 0 Å². The average Bonchev–Trinajstić information content (AvgIpc) is 2.59. The number of anilines is 1. The lowest BCUT2D eigenvalue weighted by atomic mass is 10.0. The number of ether oxygens (including phenoxy) is 1. The van der Waals surface area contributed by atoms with Crippen LogP contribution in [-0.4, -0.2) is 47.7 Å². The highest BCUT2D eigenvalue weighted by molar-refractivity contribution is 6.30. The van der Waals surface area contributed by atoms with Gasteiger partial charge >= 0.3 is 0 Å². The van der Waals surface area contributed by atoms with Crippen molar-refractivity contribution in [2.24, 2.45) is 0 Å². The second-order valence-corrected chi connectivity index (χ2v) is 6.12. The van der Waals surface area contributed by atoms with E-state index < -0.39 is 0 Å². The van der Waals surface area contributed by atoms with Gasteiger partial charge < -0.3 is 10.1 Å². The molecule has 1 aromatic carbocycles. The summed E-state index contributed by atoms with van der Waals surface area (Å²) in [6, 6.07) is 8.96. The number of aryl methyl sites for hydroxylation is 1. The number of rotatable bonds is 5. The van der Waals surface area contributed by atoms with Crippen LogP contribution in [0.5, 0.6) is 0 Å². The maximum Gasteiger partial charge on any atom is 0.222 e. The van der Waals surface area contributed by atoms with E-state index in [1.54, 1.807) is 12.4 Å². The van der Waals surface area contributed by atoms with E-state index in [-0.39, 0.29) is 6.04 Å². The Morgan fingerprint density at radius 2 is 1.83 bits per heavy atom. The van der Waals surface area contributed by atoms with Crippen molar-refractivity contribution in [2.75, 3.05) is 38.2 Å². The maximum absolute atomic E-state index is 5.83. The molecule has 0 spiro atoms. The summed E-state index contributed by atoms with van der Waals surface area (Å²) in [5, 5.41) is 3.86. The Morgan fingerprint density at radius 3 is 2.48 bits per heavy atom. The van der Waals surface area contributed by atoms with Gasteiger partial charge in [0.2, 0.25) is 5.95 Å². The molecule has 1 unspecified atom stereocenters. The molecular formula is C17H21ClN4O. The van der Waals surface area contributed by atoms with Gasteiger partial charge in [-0.1, -0.05) is 41.4 Å². The Labute approximate surface area is 141 Å². The highest BCUT2D eigenvalue weighted by atomic mass is 35.5. The largest absolute Gasteiger partial charge is 0.379 e. The zero-order valence-corrected chi connectivity index (χ0v) is 14.0. The molecule has 1 N–H and O–H groups in total. The molecule has 122 valence electrons. The summed E-state index contributed by atoms with van der Waals surface area (Å²) in [5.41, 5.74) is 2.56. The van der Waals surface area contributed by atoms with Crippen LogP contribution in [0, 0.1) is 6.92 Å². The van der Waals surface area contributed by atoms with Crippen molar-refractivity contribution in [3.63, 3.8) is 0 Å². The number of nitrogens with zero attached hydrogens (tertiary/aromatic N) is 3. The summed E-state index contributed by atoms with van der Waals surface area (Å²) < 4.78 is 5.48. The predicted octanol–water partition coefficient (Wildman–Crippen LogP) is 2.92. The Hall–Kier alpha value is -1.69. The van der Waals surface area contributed by atoms with E-state index in [1.165, 1.54) is 11.1 Å². The first kappa shape index (κ1) is 16.2. The number of hydrogen-bond donors (Lipinski definition) is 1. The Morgan fingerprint density at radius 1 is 1.17 bits per heavy atom. The first-order valence-electron chi connectivity index (χ1n) is 7.82. The topological polar surface area (TPSA) is 50.3 Å². The third-order valence-corrected chi connectivity index (χ3v) is 4.22. The van der Waals surface area contributed by atoms with Crippen LogP contribution in [0.4, 0.5) is 5.95 Å². The molecule has 23 heavy (non-hydrogen) atoms. The Kier molecular flexibility index (Phi) is 5.43. The maximum atomic E-state index is 5.83. The minimum Gasteiger partial charge on any atom is -0.379 e. The first-order valence-corrected chi connectivity index (χ1v) is 8.20. The summed E-state index contributed by atoms with van der Waals surface area (Å²) in [6.45, 7) is 6.26. The zero-order valence-electron chi connectivity index (χ0n) is 13.2. The zero-order chi connectivity index (χ0) is 16.1. The third kappa shape index (κ3) is 4.41. The van der Waals surface area contributed by atoms with Crippen molar-refractivity contribution in [2.45, 2.75) is 13.0 Å². The fourth-order valence-electron chi connectivity index (χ4n) is 2.73. The van der Waals surface area contributed by atoms with Gasteiger partial charge in [-0.15, -0.1) is 0 Å². The molecule has 1 aromatic heterocycles. The molecule has 1 fully saturated rings. The van der Waals surface area contributed by atoms with Crippen LogP contribution in [0.15, 0.2) is 36.7 Å². The summed E-state index contributed by atoms with van der Waals surface area (Å²) in [5.74, 6) is 0.597. The summed E-state index contributed by atoms with van der Waals surface area (Å²) in [7, 11) is 0. The molecule has 6 heteroatoms. The van der Waals surface area contributed by atoms with Crippen LogP contribution >= 0.6 is 11.6 Å². The van der Waals surface area contributed by atoms with E-state index in [9.17, 15) is 0 Å². The van der Waals surface area contributed by atoms with Gasteiger partial charge in [0.1, 0.15) is 0 Å². The molecule has 2 heterocycles. The highest BCUT2D eigenvalue weighted by Crippen LogP contribution is 2.22. The van der Waals surface area contributed by atoms with Crippen LogP contribution in [0.25, 0.3) is 0 Å². The molecule has 2 aromatic rings. The molecule has 3 rings (SSSR count). The van der Waals surface area contributed by atoms with Crippen LogP contribution in [-0.2, 0) is 4.74 Å². The van der Waals surface area contributed by atoms with Crippen molar-refractivity contribution < 1.29 is 4.74 Å². The second kappa shape index (κ2) is 7.73. The van der Waals surface area contributed by atoms with Gasteiger partial charge in [-0.3, -0.25) is 4.90 Å². The molecule has 0 bridgehead atoms. The lowest BCUT2D eigenvalue weighted by Gasteiger charge is -2.35. The molecule has 1 aliphatic rings.